The smallest absolute Gasteiger partial charge is 0.306 e. The van der Waals surface area contributed by atoms with Crippen molar-refractivity contribution in [3.8, 4) is 0 Å². The first-order valence-corrected chi connectivity index (χ1v) is 27.2. The summed E-state index contributed by atoms with van der Waals surface area (Å²) in [6.07, 6.45) is 41.8. The summed E-state index contributed by atoms with van der Waals surface area (Å²) in [6, 6.07) is -0.0438. The summed E-state index contributed by atoms with van der Waals surface area (Å²) < 4.78 is 11.6. The maximum Gasteiger partial charge on any atom is 0.306 e. The first-order valence-electron chi connectivity index (χ1n) is 27.2. The molecule has 2 atom stereocenters. The Balaban J connectivity index is 2.38. The van der Waals surface area contributed by atoms with Gasteiger partial charge in [-0.2, -0.15) is 0 Å². The van der Waals surface area contributed by atoms with Crippen LogP contribution < -0.4 is 10.6 Å². The highest BCUT2D eigenvalue weighted by Gasteiger charge is 2.21. The Morgan fingerprint density at radius 1 is 0.581 bits per heavy atom. The van der Waals surface area contributed by atoms with Gasteiger partial charge in [-0.1, -0.05) is 162 Å². The normalized spacial score (nSPS) is 14.5. The van der Waals surface area contributed by atoms with Crippen LogP contribution in [0, 0.1) is 0 Å². The monoisotopic (exact) mass is 878 g/mol. The van der Waals surface area contributed by atoms with Crippen LogP contribution in [0.1, 0.15) is 265 Å². The number of hydrogen-bond acceptors (Lipinski definition) is 8. The fraction of sp³-hybridized carbons (Fsp3) is 0.943. The van der Waals surface area contributed by atoms with Crippen molar-refractivity contribution < 1.29 is 29.0 Å². The van der Waals surface area contributed by atoms with Gasteiger partial charge in [-0.15, -0.1) is 0 Å². The van der Waals surface area contributed by atoms with Gasteiger partial charge in [0, 0.05) is 25.9 Å². The molecule has 0 saturated carbocycles. The number of unbranched alkanes of at least 4 members (excludes halogenated alkanes) is 25. The lowest BCUT2D eigenvalue weighted by atomic mass is 10.0. The molecule has 1 aliphatic heterocycles. The number of carbonyl (C=O) groups is 3. The minimum absolute atomic E-state index is 0.00704. The van der Waals surface area contributed by atoms with Crippen molar-refractivity contribution >= 4 is 17.8 Å². The molecule has 1 rings (SSSR count). The lowest BCUT2D eigenvalue weighted by molar-refractivity contribution is -0.150. The van der Waals surface area contributed by atoms with Gasteiger partial charge in [-0.3, -0.25) is 14.4 Å². The predicted octanol–water partition coefficient (Wildman–Crippen LogP) is 13.1. The van der Waals surface area contributed by atoms with E-state index in [1.807, 2.05) is 0 Å². The van der Waals surface area contributed by atoms with Crippen molar-refractivity contribution in [1.82, 2.24) is 15.5 Å². The Bertz CT molecular complexity index is 992. The van der Waals surface area contributed by atoms with Crippen LogP contribution in [0.15, 0.2) is 0 Å². The van der Waals surface area contributed by atoms with Gasteiger partial charge < -0.3 is 30.1 Å². The van der Waals surface area contributed by atoms with Crippen molar-refractivity contribution in [2.75, 3.05) is 39.3 Å². The molecule has 1 aliphatic rings. The first-order chi connectivity index (χ1) is 30.4. The number of aliphatic hydroxyl groups excluding tert-OH is 1. The zero-order chi connectivity index (χ0) is 45.0. The topological polar surface area (TPSA) is 117 Å². The zero-order valence-corrected chi connectivity index (χ0v) is 41.3. The number of nitrogens with zero attached hydrogens (tertiary/aromatic N) is 1. The van der Waals surface area contributed by atoms with E-state index in [1.54, 1.807) is 0 Å². The molecular formula is C53H103N3O6. The fourth-order valence-corrected chi connectivity index (χ4v) is 8.83. The molecule has 1 fully saturated rings. The van der Waals surface area contributed by atoms with Crippen LogP contribution in [0.5, 0.6) is 0 Å². The lowest BCUT2D eigenvalue weighted by Gasteiger charge is -2.25. The van der Waals surface area contributed by atoms with Gasteiger partial charge in [-0.25, -0.2) is 0 Å². The van der Waals surface area contributed by atoms with E-state index < -0.39 is 6.10 Å². The SMILES string of the molecule is CCCCCCCCCCCOC(=O)CCCCCN(CCCCCCCC(=O)OC(CCCCCCCC)CCCCCCCC)CC(O)CCCCNC(=O)[C@@H]1CCCN1. The van der Waals surface area contributed by atoms with Gasteiger partial charge >= 0.3 is 11.9 Å². The second-order valence-corrected chi connectivity index (χ2v) is 19.0. The van der Waals surface area contributed by atoms with Gasteiger partial charge in [0.2, 0.25) is 5.91 Å². The molecule has 0 aliphatic carbocycles. The van der Waals surface area contributed by atoms with Crippen LogP contribution in [-0.2, 0) is 23.9 Å². The Hall–Kier alpha value is -1.71. The van der Waals surface area contributed by atoms with E-state index in [0.717, 1.165) is 142 Å². The fourth-order valence-electron chi connectivity index (χ4n) is 8.83. The van der Waals surface area contributed by atoms with E-state index in [0.29, 0.717) is 32.5 Å². The minimum Gasteiger partial charge on any atom is -0.466 e. The molecule has 0 aromatic heterocycles. The molecule has 3 N–H and O–H groups in total. The van der Waals surface area contributed by atoms with Crippen molar-refractivity contribution in [2.45, 2.75) is 283 Å². The summed E-state index contributed by atoms with van der Waals surface area (Å²) >= 11 is 0. The predicted molar refractivity (Wildman–Crippen MR) is 261 cm³/mol. The van der Waals surface area contributed by atoms with Crippen LogP contribution >= 0.6 is 0 Å². The molecule has 9 heteroatoms. The third-order valence-corrected chi connectivity index (χ3v) is 12.9. The summed E-state index contributed by atoms with van der Waals surface area (Å²) in [5, 5.41) is 17.3. The zero-order valence-electron chi connectivity index (χ0n) is 41.3. The quantitative estimate of drug-likeness (QED) is 0.0409. The average molecular weight is 878 g/mol. The molecule has 62 heavy (non-hydrogen) atoms. The molecule has 1 unspecified atom stereocenters. The summed E-state index contributed by atoms with van der Waals surface area (Å²) in [7, 11) is 0. The summed E-state index contributed by atoms with van der Waals surface area (Å²) in [5.41, 5.74) is 0. The van der Waals surface area contributed by atoms with Gasteiger partial charge in [0.1, 0.15) is 6.10 Å². The van der Waals surface area contributed by atoms with Crippen molar-refractivity contribution in [3.63, 3.8) is 0 Å². The highest BCUT2D eigenvalue weighted by molar-refractivity contribution is 5.81. The van der Waals surface area contributed by atoms with Crippen molar-refractivity contribution in [1.29, 1.82) is 0 Å². The Labute approximate surface area is 383 Å². The summed E-state index contributed by atoms with van der Waals surface area (Å²) in [5.74, 6) is 0.0295. The van der Waals surface area contributed by atoms with Crippen LogP contribution in [0.25, 0.3) is 0 Å². The number of amides is 1. The number of esters is 2. The Morgan fingerprint density at radius 3 is 1.60 bits per heavy atom. The molecule has 0 radical (unpaired) electrons. The van der Waals surface area contributed by atoms with Crippen molar-refractivity contribution in [3.05, 3.63) is 0 Å². The van der Waals surface area contributed by atoms with E-state index in [9.17, 15) is 19.5 Å². The van der Waals surface area contributed by atoms with Gasteiger partial charge in [0.25, 0.3) is 0 Å². The molecule has 1 amide bonds. The molecule has 0 bridgehead atoms. The molecular weight excluding hydrogens is 775 g/mol. The number of carbonyl (C=O) groups excluding carboxylic acids is 3. The van der Waals surface area contributed by atoms with Crippen LogP contribution in [0.2, 0.25) is 0 Å². The number of nitrogens with one attached hydrogen (secondary N) is 2. The van der Waals surface area contributed by atoms with Gasteiger partial charge in [-0.05, 0) is 110 Å². The van der Waals surface area contributed by atoms with E-state index in [4.69, 9.17) is 9.47 Å². The summed E-state index contributed by atoms with van der Waals surface area (Å²) in [4.78, 5) is 39.9. The highest BCUT2D eigenvalue weighted by atomic mass is 16.5. The first kappa shape index (κ1) is 58.3. The maximum absolute atomic E-state index is 12.9. The van der Waals surface area contributed by atoms with E-state index in [-0.39, 0.29) is 30.0 Å². The number of ether oxygens (including phenoxy) is 2. The summed E-state index contributed by atoms with van der Waals surface area (Å²) in [6.45, 7) is 11.4. The third kappa shape index (κ3) is 37.6. The Kier molecular flexibility index (Phi) is 41.8. The molecule has 0 spiro atoms. The van der Waals surface area contributed by atoms with E-state index >= 15 is 0 Å². The standard InChI is InChI=1S/C53H103N3O6/c1-4-7-10-13-16-17-18-24-34-46-61-51(58)40-29-25-33-45-56(47-48(57)36-30-31-42-55-53(60)50-39-35-43-54-50)44-32-23-19-22-28-41-52(59)62-49(37-26-20-14-11-8-5-2)38-27-21-15-12-9-6-3/h48-50,54,57H,4-47H2,1-3H3,(H,55,60)/t48?,50-/m0/s1. The van der Waals surface area contributed by atoms with Gasteiger partial charge in [0.05, 0.1) is 18.8 Å². The molecule has 1 saturated heterocycles. The van der Waals surface area contributed by atoms with Crippen molar-refractivity contribution in [2.24, 2.45) is 0 Å². The van der Waals surface area contributed by atoms with Crippen LogP contribution in [-0.4, -0.2) is 85.4 Å². The number of rotatable bonds is 47. The molecule has 366 valence electrons. The largest absolute Gasteiger partial charge is 0.466 e. The van der Waals surface area contributed by atoms with Crippen LogP contribution in [0.4, 0.5) is 0 Å². The number of hydrogen-bond donors (Lipinski definition) is 3. The molecule has 1 heterocycles. The maximum atomic E-state index is 12.9. The second kappa shape index (κ2) is 44.5. The Morgan fingerprint density at radius 2 is 1.05 bits per heavy atom. The van der Waals surface area contributed by atoms with E-state index in [1.165, 1.54) is 109 Å². The highest BCUT2D eigenvalue weighted by Crippen LogP contribution is 2.19. The minimum atomic E-state index is -0.393. The van der Waals surface area contributed by atoms with Crippen LogP contribution in [0.3, 0.4) is 0 Å². The molecule has 0 aromatic carbocycles. The van der Waals surface area contributed by atoms with E-state index in [2.05, 4.69) is 36.3 Å². The molecule has 9 nitrogen and oxygen atoms in total. The van der Waals surface area contributed by atoms with Gasteiger partial charge in [0.15, 0.2) is 0 Å². The second-order valence-electron chi connectivity index (χ2n) is 19.0. The number of aliphatic hydroxyl groups is 1. The third-order valence-electron chi connectivity index (χ3n) is 12.9. The lowest BCUT2D eigenvalue weighted by Crippen LogP contribution is -2.40. The average Bonchev–Trinajstić information content (AvgIpc) is 3.81. The molecule has 0 aromatic rings.